The summed E-state index contributed by atoms with van der Waals surface area (Å²) in [5, 5.41) is 24.8. The van der Waals surface area contributed by atoms with Crippen LogP contribution in [0, 0.1) is 0 Å². The van der Waals surface area contributed by atoms with E-state index in [0.717, 1.165) is 6.42 Å². The molecule has 0 bridgehead atoms. The van der Waals surface area contributed by atoms with E-state index in [9.17, 15) is 0 Å². The third-order valence-corrected chi connectivity index (χ3v) is 1.48. The molecule has 0 aromatic rings. The first-order valence-electron chi connectivity index (χ1n) is 4.51. The first-order valence-corrected chi connectivity index (χ1v) is 4.51. The second kappa shape index (κ2) is 11.8. The summed E-state index contributed by atoms with van der Waals surface area (Å²) >= 11 is 0. The maximum Gasteiger partial charge on any atom is 0.0565 e. The molecule has 0 amide bonds. The van der Waals surface area contributed by atoms with Crippen LogP contribution in [-0.2, 0) is 4.74 Å². The highest BCUT2D eigenvalue weighted by Crippen LogP contribution is 1.90. The third kappa shape index (κ3) is 18.7. The summed E-state index contributed by atoms with van der Waals surface area (Å²) in [7, 11) is 1.64. The lowest BCUT2D eigenvalue weighted by Gasteiger charge is -2.04. The molecule has 4 nitrogen and oxygen atoms in total. The lowest BCUT2D eigenvalue weighted by Crippen LogP contribution is -2.05. The van der Waals surface area contributed by atoms with Crippen molar-refractivity contribution < 1.29 is 20.1 Å². The number of methoxy groups -OCH3 is 1. The van der Waals surface area contributed by atoms with Crippen LogP contribution in [0.4, 0.5) is 0 Å². The van der Waals surface area contributed by atoms with E-state index in [2.05, 4.69) is 0 Å². The summed E-state index contributed by atoms with van der Waals surface area (Å²) < 4.78 is 4.83. The quantitative estimate of drug-likeness (QED) is 0.583. The first kappa shape index (κ1) is 15.3. The average molecular weight is 194 g/mol. The first-order chi connectivity index (χ1) is 6.08. The van der Waals surface area contributed by atoms with Gasteiger partial charge in [0.25, 0.3) is 0 Å². The van der Waals surface area contributed by atoms with E-state index in [1.165, 1.54) is 0 Å². The van der Waals surface area contributed by atoms with Crippen molar-refractivity contribution in [3.8, 4) is 0 Å². The molecule has 3 N–H and O–H groups in total. The van der Waals surface area contributed by atoms with Gasteiger partial charge in [-0.2, -0.15) is 0 Å². The molecule has 4 heteroatoms. The Labute approximate surface area is 80.2 Å². The number of ether oxygens (including phenoxy) is 1. The minimum absolute atomic E-state index is 0.0810. The van der Waals surface area contributed by atoms with E-state index in [1.807, 2.05) is 6.92 Å². The van der Waals surface area contributed by atoms with Gasteiger partial charge in [-0.3, -0.25) is 0 Å². The Morgan fingerprint density at radius 3 is 1.62 bits per heavy atom. The van der Waals surface area contributed by atoms with E-state index >= 15 is 0 Å². The zero-order chi connectivity index (χ0) is 10.7. The van der Waals surface area contributed by atoms with Crippen molar-refractivity contribution in [3.05, 3.63) is 0 Å². The second-order valence-corrected chi connectivity index (χ2v) is 2.92. The summed E-state index contributed by atoms with van der Waals surface area (Å²) in [5.74, 6) is 0. The smallest absolute Gasteiger partial charge is 0.0565 e. The van der Waals surface area contributed by atoms with Crippen molar-refractivity contribution >= 4 is 0 Å². The summed E-state index contributed by atoms with van der Waals surface area (Å²) in [4.78, 5) is 0. The molecule has 0 fully saturated rings. The number of hydrogen-bond acceptors (Lipinski definition) is 4. The van der Waals surface area contributed by atoms with Crippen LogP contribution >= 0.6 is 0 Å². The summed E-state index contributed by atoms with van der Waals surface area (Å²) in [6.07, 6.45) is 1.07. The lowest BCUT2D eigenvalue weighted by atomic mass is 10.3. The SMILES string of the molecule is CC(O)CCO.COC(C)CCO. The van der Waals surface area contributed by atoms with E-state index in [0.29, 0.717) is 6.42 Å². The zero-order valence-corrected chi connectivity index (χ0v) is 8.73. The molecule has 0 rings (SSSR count). The van der Waals surface area contributed by atoms with Gasteiger partial charge in [-0.05, 0) is 26.7 Å². The number of rotatable bonds is 5. The van der Waals surface area contributed by atoms with E-state index in [4.69, 9.17) is 20.1 Å². The van der Waals surface area contributed by atoms with Crippen LogP contribution in [0.25, 0.3) is 0 Å². The molecule has 2 atom stereocenters. The van der Waals surface area contributed by atoms with Gasteiger partial charge in [-0.15, -0.1) is 0 Å². The van der Waals surface area contributed by atoms with Gasteiger partial charge < -0.3 is 20.1 Å². The van der Waals surface area contributed by atoms with Crippen molar-refractivity contribution in [1.29, 1.82) is 0 Å². The van der Waals surface area contributed by atoms with Gasteiger partial charge in [0, 0.05) is 20.3 Å². The number of hydrogen-bond donors (Lipinski definition) is 3. The normalized spacial score (nSPS) is 14.3. The van der Waals surface area contributed by atoms with Crippen LogP contribution in [-0.4, -0.2) is 47.9 Å². The molecule has 0 aromatic carbocycles. The van der Waals surface area contributed by atoms with Crippen molar-refractivity contribution in [2.75, 3.05) is 20.3 Å². The number of aliphatic hydroxyl groups excluding tert-OH is 3. The molecule has 0 saturated heterocycles. The molecule has 0 radical (unpaired) electrons. The molecular formula is C9H22O4. The highest BCUT2D eigenvalue weighted by Gasteiger charge is 1.93. The summed E-state index contributed by atoms with van der Waals surface area (Å²) in [6.45, 7) is 3.87. The van der Waals surface area contributed by atoms with Gasteiger partial charge in [0.1, 0.15) is 0 Å². The monoisotopic (exact) mass is 194 g/mol. The van der Waals surface area contributed by atoms with E-state index < -0.39 is 0 Å². The van der Waals surface area contributed by atoms with Gasteiger partial charge >= 0.3 is 0 Å². The van der Waals surface area contributed by atoms with Crippen molar-refractivity contribution in [2.24, 2.45) is 0 Å². The van der Waals surface area contributed by atoms with E-state index in [1.54, 1.807) is 14.0 Å². The van der Waals surface area contributed by atoms with Crippen molar-refractivity contribution in [1.82, 2.24) is 0 Å². The van der Waals surface area contributed by atoms with Crippen LogP contribution in [0.5, 0.6) is 0 Å². The molecule has 0 aliphatic rings. The van der Waals surface area contributed by atoms with Gasteiger partial charge in [-0.25, -0.2) is 0 Å². The van der Waals surface area contributed by atoms with Gasteiger partial charge in [-0.1, -0.05) is 0 Å². The minimum Gasteiger partial charge on any atom is -0.396 e. The summed E-state index contributed by atoms with van der Waals surface area (Å²) in [6, 6.07) is 0. The third-order valence-electron chi connectivity index (χ3n) is 1.48. The Hall–Kier alpha value is -0.160. The molecule has 2 unspecified atom stereocenters. The molecule has 0 aliphatic heterocycles. The molecule has 0 aliphatic carbocycles. The maximum atomic E-state index is 8.39. The minimum atomic E-state index is -0.352. The van der Waals surface area contributed by atoms with Crippen LogP contribution in [0.2, 0.25) is 0 Å². The predicted molar refractivity (Wildman–Crippen MR) is 51.6 cm³/mol. The van der Waals surface area contributed by atoms with Crippen LogP contribution in [0.15, 0.2) is 0 Å². The van der Waals surface area contributed by atoms with Crippen molar-refractivity contribution in [3.63, 3.8) is 0 Å². The van der Waals surface area contributed by atoms with Crippen LogP contribution < -0.4 is 0 Å². The Morgan fingerprint density at radius 2 is 1.54 bits per heavy atom. The fourth-order valence-electron chi connectivity index (χ4n) is 0.486. The fraction of sp³-hybridized carbons (Fsp3) is 1.00. The Morgan fingerprint density at radius 1 is 1.08 bits per heavy atom. The highest BCUT2D eigenvalue weighted by molar-refractivity contribution is 4.44. The second-order valence-electron chi connectivity index (χ2n) is 2.92. The number of aliphatic hydroxyl groups is 3. The maximum absolute atomic E-state index is 8.39. The van der Waals surface area contributed by atoms with E-state index in [-0.39, 0.29) is 25.4 Å². The highest BCUT2D eigenvalue weighted by atomic mass is 16.5. The molecular weight excluding hydrogens is 172 g/mol. The van der Waals surface area contributed by atoms with Crippen molar-refractivity contribution in [2.45, 2.75) is 38.9 Å². The van der Waals surface area contributed by atoms with Gasteiger partial charge in [0.15, 0.2) is 0 Å². The zero-order valence-electron chi connectivity index (χ0n) is 8.73. The standard InChI is InChI=1S/C5H12O2.C4H10O2/c1-5(7-2)3-4-6;1-4(6)2-3-5/h5-6H,3-4H2,1-2H3;4-6H,2-3H2,1H3. The molecule has 82 valence electrons. The Balaban J connectivity index is 0. The lowest BCUT2D eigenvalue weighted by molar-refractivity contribution is 0.0917. The molecule has 0 aromatic heterocycles. The Kier molecular flexibility index (Phi) is 14.0. The summed E-state index contributed by atoms with van der Waals surface area (Å²) in [5.41, 5.74) is 0. The predicted octanol–water partition coefficient (Wildman–Crippen LogP) is 0.153. The molecule has 0 heterocycles. The van der Waals surface area contributed by atoms with Crippen LogP contribution in [0.3, 0.4) is 0 Å². The van der Waals surface area contributed by atoms with Gasteiger partial charge in [0.2, 0.25) is 0 Å². The topological polar surface area (TPSA) is 69.9 Å². The molecule has 0 spiro atoms. The fourth-order valence-corrected chi connectivity index (χ4v) is 0.486. The molecule has 13 heavy (non-hydrogen) atoms. The molecule has 0 saturated carbocycles. The van der Waals surface area contributed by atoms with Gasteiger partial charge in [0.05, 0.1) is 12.2 Å². The Bertz CT molecular complexity index is 85.7. The average Bonchev–Trinajstić information content (AvgIpc) is 2.05. The largest absolute Gasteiger partial charge is 0.396 e. The van der Waals surface area contributed by atoms with Crippen LogP contribution in [0.1, 0.15) is 26.7 Å².